The second-order valence-corrected chi connectivity index (χ2v) is 6.46. The lowest BCUT2D eigenvalue weighted by Gasteiger charge is -2.09. The largest absolute Gasteiger partial charge is 0.370 e. The first-order valence-electron chi connectivity index (χ1n) is 9.14. The maximum Gasteiger partial charge on any atom is 0.354 e. The van der Waals surface area contributed by atoms with Crippen LogP contribution in [0.4, 0.5) is 4.39 Å². The van der Waals surface area contributed by atoms with E-state index in [1.54, 1.807) is 18.3 Å². The molecule has 0 radical (unpaired) electrons. The molecule has 2 heterocycles. The van der Waals surface area contributed by atoms with Gasteiger partial charge in [0.2, 0.25) is 0 Å². The van der Waals surface area contributed by atoms with Crippen LogP contribution in [-0.2, 0) is 13.0 Å². The van der Waals surface area contributed by atoms with Gasteiger partial charge in [0.05, 0.1) is 5.69 Å². The zero-order valence-electron chi connectivity index (χ0n) is 15.7. The van der Waals surface area contributed by atoms with Crippen LogP contribution in [0.1, 0.15) is 24.6 Å². The highest BCUT2D eigenvalue weighted by atomic mass is 19.1. The normalized spacial score (nSPS) is 11.1. The molecule has 8 nitrogen and oxygen atoms in total. The molecule has 0 saturated heterocycles. The molecule has 0 spiro atoms. The lowest BCUT2D eigenvalue weighted by molar-refractivity contribution is 0.582. The van der Waals surface area contributed by atoms with Crippen molar-refractivity contribution in [2.75, 3.05) is 13.1 Å². The maximum atomic E-state index is 14.5. The van der Waals surface area contributed by atoms with Gasteiger partial charge in [0.1, 0.15) is 11.5 Å². The molecule has 0 amide bonds. The maximum absolute atomic E-state index is 14.5. The summed E-state index contributed by atoms with van der Waals surface area (Å²) in [4.78, 5) is 23.4. The summed E-state index contributed by atoms with van der Waals surface area (Å²) in [6.07, 6.45) is 3.23. The summed E-state index contributed by atoms with van der Waals surface area (Å²) in [5.74, 6) is -0.320. The average Bonchev–Trinajstić information content (AvgIpc) is 3.06. The summed E-state index contributed by atoms with van der Waals surface area (Å²) >= 11 is 0. The Kier molecular flexibility index (Phi) is 6.05. The van der Waals surface area contributed by atoms with Gasteiger partial charge < -0.3 is 21.8 Å². The number of nitrogens with zero attached hydrogens (tertiary/aromatic N) is 3. The highest BCUT2D eigenvalue weighted by Crippen LogP contribution is 2.16. The van der Waals surface area contributed by atoms with E-state index in [0.717, 1.165) is 23.9 Å². The van der Waals surface area contributed by atoms with Crippen LogP contribution in [-0.4, -0.2) is 33.6 Å². The summed E-state index contributed by atoms with van der Waals surface area (Å²) in [6, 6.07) is 6.66. The van der Waals surface area contributed by atoms with E-state index >= 15 is 0 Å². The molecule has 0 bridgehead atoms. The molecule has 148 valence electrons. The van der Waals surface area contributed by atoms with Crippen molar-refractivity contribution >= 4 is 17.0 Å². The van der Waals surface area contributed by atoms with Crippen LogP contribution in [0.25, 0.3) is 16.7 Å². The lowest BCUT2D eigenvalue weighted by Crippen LogP contribution is -2.23. The number of benzene rings is 1. The molecule has 28 heavy (non-hydrogen) atoms. The standard InChI is InChI=1S/C19H24FN7O/c1-2-14-8-13-11-27(19(28)26-17(13)25-14)15-5-4-12(16(20)9-15)10-23-6-3-7-24-18(21)22/h4-5,8-9,11,23H,2-3,6-7,10H2,1H3,(H4,21,22,24)(H,25,26,28). The monoisotopic (exact) mass is 385 g/mol. The van der Waals surface area contributed by atoms with Crippen LogP contribution in [0.5, 0.6) is 0 Å². The summed E-state index contributed by atoms with van der Waals surface area (Å²) in [5.41, 5.74) is 12.5. The van der Waals surface area contributed by atoms with E-state index in [1.165, 1.54) is 10.6 Å². The first-order valence-corrected chi connectivity index (χ1v) is 9.14. The van der Waals surface area contributed by atoms with Crippen LogP contribution >= 0.6 is 0 Å². The second kappa shape index (κ2) is 8.66. The van der Waals surface area contributed by atoms with E-state index in [9.17, 15) is 9.18 Å². The number of hydrogen-bond donors (Lipinski definition) is 4. The highest BCUT2D eigenvalue weighted by molar-refractivity contribution is 5.76. The van der Waals surface area contributed by atoms with E-state index in [-0.39, 0.29) is 11.8 Å². The van der Waals surface area contributed by atoms with Gasteiger partial charge in [0.15, 0.2) is 5.96 Å². The quantitative estimate of drug-likeness (QED) is 0.263. The summed E-state index contributed by atoms with van der Waals surface area (Å²) in [7, 11) is 0. The number of nitrogens with two attached hydrogens (primary N) is 2. The van der Waals surface area contributed by atoms with E-state index in [0.29, 0.717) is 36.5 Å². The Bertz CT molecular complexity index is 1050. The van der Waals surface area contributed by atoms with Gasteiger partial charge in [-0.2, -0.15) is 4.98 Å². The molecule has 0 saturated carbocycles. The van der Waals surface area contributed by atoms with Crippen LogP contribution < -0.4 is 22.5 Å². The number of rotatable bonds is 8. The van der Waals surface area contributed by atoms with Crippen molar-refractivity contribution in [2.24, 2.45) is 16.5 Å². The van der Waals surface area contributed by atoms with Crippen LogP contribution in [0, 0.1) is 5.82 Å². The van der Waals surface area contributed by atoms with E-state index in [2.05, 4.69) is 20.3 Å². The number of aromatic amines is 1. The predicted molar refractivity (Wildman–Crippen MR) is 108 cm³/mol. The zero-order valence-corrected chi connectivity index (χ0v) is 15.7. The van der Waals surface area contributed by atoms with Crippen molar-refractivity contribution in [2.45, 2.75) is 26.3 Å². The van der Waals surface area contributed by atoms with E-state index in [4.69, 9.17) is 11.5 Å². The molecule has 3 rings (SSSR count). The van der Waals surface area contributed by atoms with Gasteiger partial charge in [-0.25, -0.2) is 9.18 Å². The Balaban J connectivity index is 1.71. The number of hydrogen-bond acceptors (Lipinski definition) is 4. The van der Waals surface area contributed by atoms with Crippen molar-refractivity contribution in [1.82, 2.24) is 19.9 Å². The number of aromatic nitrogens is 3. The number of guanidine groups is 1. The Labute approximate surface area is 161 Å². The molecule has 2 aromatic heterocycles. The summed E-state index contributed by atoms with van der Waals surface area (Å²) in [6.45, 7) is 3.57. The smallest absolute Gasteiger partial charge is 0.354 e. The van der Waals surface area contributed by atoms with Crippen molar-refractivity contribution < 1.29 is 4.39 Å². The SMILES string of the molecule is CCc1cc2cn(-c3ccc(CNCCCN=C(N)N)c(F)c3)c(=O)nc2[nH]1. The zero-order chi connectivity index (χ0) is 20.1. The number of aryl methyl sites for hydroxylation is 1. The molecule has 0 aliphatic carbocycles. The molecule has 0 aliphatic heterocycles. The number of H-pyrrole nitrogens is 1. The molecule has 0 atom stereocenters. The van der Waals surface area contributed by atoms with Crippen LogP contribution in [0.15, 0.2) is 40.2 Å². The Morgan fingerprint density at radius 3 is 2.89 bits per heavy atom. The number of fused-ring (bicyclic) bond motifs is 1. The minimum atomic E-state index is -0.456. The molecule has 0 fully saturated rings. The molecular weight excluding hydrogens is 361 g/mol. The first kappa shape index (κ1) is 19.6. The average molecular weight is 385 g/mol. The molecule has 6 N–H and O–H groups in total. The summed E-state index contributed by atoms with van der Waals surface area (Å²) < 4.78 is 15.8. The van der Waals surface area contributed by atoms with Gasteiger partial charge >= 0.3 is 5.69 Å². The predicted octanol–water partition coefficient (Wildman–Crippen LogP) is 1.17. The van der Waals surface area contributed by atoms with Gasteiger partial charge in [-0.1, -0.05) is 13.0 Å². The Hall–Kier alpha value is -3.20. The lowest BCUT2D eigenvalue weighted by atomic mass is 10.2. The van der Waals surface area contributed by atoms with Crippen molar-refractivity contribution in [3.63, 3.8) is 0 Å². The Morgan fingerprint density at radius 1 is 1.36 bits per heavy atom. The third-order valence-corrected chi connectivity index (χ3v) is 4.38. The Morgan fingerprint density at radius 2 is 2.18 bits per heavy atom. The first-order chi connectivity index (χ1) is 13.5. The number of aliphatic imine (C=N–C) groups is 1. The molecular formula is C19H24FN7O. The summed E-state index contributed by atoms with van der Waals surface area (Å²) in [5, 5.41) is 3.95. The molecule has 9 heteroatoms. The van der Waals surface area contributed by atoms with Gasteiger partial charge in [-0.15, -0.1) is 0 Å². The third-order valence-electron chi connectivity index (χ3n) is 4.38. The minimum absolute atomic E-state index is 0.0649. The minimum Gasteiger partial charge on any atom is -0.370 e. The van der Waals surface area contributed by atoms with Gasteiger partial charge in [0, 0.05) is 35.9 Å². The molecule has 1 aromatic carbocycles. The number of nitrogens with one attached hydrogen (secondary N) is 2. The fourth-order valence-corrected chi connectivity index (χ4v) is 2.89. The topological polar surface area (TPSA) is 127 Å². The fraction of sp³-hybridized carbons (Fsp3) is 0.316. The van der Waals surface area contributed by atoms with Crippen molar-refractivity contribution in [3.05, 3.63) is 58.0 Å². The van der Waals surface area contributed by atoms with Crippen molar-refractivity contribution in [1.29, 1.82) is 0 Å². The third kappa shape index (κ3) is 4.55. The van der Waals surface area contributed by atoms with Gasteiger partial charge in [0.25, 0.3) is 0 Å². The van der Waals surface area contributed by atoms with E-state index < -0.39 is 5.69 Å². The van der Waals surface area contributed by atoms with Crippen LogP contribution in [0.3, 0.4) is 0 Å². The fourth-order valence-electron chi connectivity index (χ4n) is 2.89. The molecule has 3 aromatic rings. The van der Waals surface area contributed by atoms with Gasteiger partial charge in [-0.05, 0) is 37.6 Å². The van der Waals surface area contributed by atoms with Gasteiger partial charge in [-0.3, -0.25) is 9.56 Å². The number of halogens is 1. The molecule has 0 aliphatic rings. The highest BCUT2D eigenvalue weighted by Gasteiger charge is 2.09. The molecule has 0 unspecified atom stereocenters. The second-order valence-electron chi connectivity index (χ2n) is 6.46. The van der Waals surface area contributed by atoms with E-state index in [1.807, 2.05) is 13.0 Å². The van der Waals surface area contributed by atoms with Crippen molar-refractivity contribution in [3.8, 4) is 5.69 Å². The van der Waals surface area contributed by atoms with Crippen LogP contribution in [0.2, 0.25) is 0 Å².